The lowest BCUT2D eigenvalue weighted by Crippen LogP contribution is -2.41. The Balaban J connectivity index is 1.89. The number of para-hydroxylation sites is 2. The molecule has 5 nitrogen and oxygen atoms in total. The zero-order valence-corrected chi connectivity index (χ0v) is 13.3. The molecule has 0 spiro atoms. The molecular weight excluding hydrogens is 278 g/mol. The van der Waals surface area contributed by atoms with Crippen LogP contribution in [0.4, 0.5) is 0 Å². The Morgan fingerprint density at radius 2 is 1.73 bits per heavy atom. The van der Waals surface area contributed by atoms with E-state index in [9.17, 15) is 9.59 Å². The van der Waals surface area contributed by atoms with Crippen LogP contribution in [0.15, 0.2) is 29.1 Å². The number of carbonyl (C=O) groups excluding carboxylic acids is 1. The fourth-order valence-corrected chi connectivity index (χ4v) is 3.22. The van der Waals surface area contributed by atoms with E-state index in [1.54, 1.807) is 9.13 Å². The number of aryl methyl sites for hydroxylation is 1. The van der Waals surface area contributed by atoms with Crippen LogP contribution >= 0.6 is 0 Å². The minimum absolute atomic E-state index is 0.0491. The lowest BCUT2D eigenvalue weighted by molar-refractivity contribution is -0.133. The molecule has 0 radical (unpaired) electrons. The normalized spacial score (nSPS) is 16.4. The van der Waals surface area contributed by atoms with Crippen molar-refractivity contribution in [3.8, 4) is 0 Å². The summed E-state index contributed by atoms with van der Waals surface area (Å²) in [5.41, 5.74) is 1.64. The third kappa shape index (κ3) is 2.56. The van der Waals surface area contributed by atoms with Crippen molar-refractivity contribution in [1.82, 2.24) is 14.0 Å². The summed E-state index contributed by atoms with van der Waals surface area (Å²) in [6.07, 6.45) is 2.11. The maximum Gasteiger partial charge on any atom is 0.329 e. The van der Waals surface area contributed by atoms with Crippen molar-refractivity contribution >= 4 is 16.9 Å². The van der Waals surface area contributed by atoms with Gasteiger partial charge in [0.1, 0.15) is 6.54 Å². The monoisotopic (exact) mass is 301 g/mol. The van der Waals surface area contributed by atoms with E-state index in [1.165, 1.54) is 0 Å². The molecule has 0 bridgehead atoms. The highest BCUT2D eigenvalue weighted by Gasteiger charge is 2.22. The second kappa shape index (κ2) is 5.99. The van der Waals surface area contributed by atoms with E-state index in [0.717, 1.165) is 37.0 Å². The van der Waals surface area contributed by atoms with Crippen molar-refractivity contribution in [3.63, 3.8) is 0 Å². The smallest absolute Gasteiger partial charge is 0.329 e. The molecule has 1 saturated heterocycles. The predicted octanol–water partition coefficient (Wildman–Crippen LogP) is 2.08. The first-order valence-corrected chi connectivity index (χ1v) is 8.07. The van der Waals surface area contributed by atoms with Crippen LogP contribution in [0.2, 0.25) is 0 Å². The first-order chi connectivity index (χ1) is 10.6. The van der Waals surface area contributed by atoms with Crippen molar-refractivity contribution in [2.75, 3.05) is 13.1 Å². The lowest BCUT2D eigenvalue weighted by atomic mass is 9.99. The first kappa shape index (κ1) is 14.9. The van der Waals surface area contributed by atoms with Crippen molar-refractivity contribution in [1.29, 1.82) is 0 Å². The molecule has 22 heavy (non-hydrogen) atoms. The number of nitrogens with zero attached hydrogens (tertiary/aromatic N) is 3. The van der Waals surface area contributed by atoms with Crippen LogP contribution in [-0.2, 0) is 17.9 Å². The van der Waals surface area contributed by atoms with Gasteiger partial charge in [0.2, 0.25) is 5.91 Å². The van der Waals surface area contributed by atoms with Gasteiger partial charge < -0.3 is 4.90 Å². The molecule has 1 fully saturated rings. The molecule has 0 N–H and O–H groups in total. The van der Waals surface area contributed by atoms with Crippen LogP contribution in [0.3, 0.4) is 0 Å². The predicted molar refractivity (Wildman–Crippen MR) is 86.9 cm³/mol. The van der Waals surface area contributed by atoms with Gasteiger partial charge in [0.05, 0.1) is 11.0 Å². The molecule has 0 unspecified atom stereocenters. The maximum absolute atomic E-state index is 12.5. The summed E-state index contributed by atoms with van der Waals surface area (Å²) in [5.74, 6) is 0.738. The SMILES string of the molecule is CCn1c(=O)n(CC(=O)N2CCC(C)CC2)c2ccccc21. The summed E-state index contributed by atoms with van der Waals surface area (Å²) >= 11 is 0. The van der Waals surface area contributed by atoms with Gasteiger partial charge in [-0.15, -0.1) is 0 Å². The van der Waals surface area contributed by atoms with E-state index in [2.05, 4.69) is 6.92 Å². The third-order valence-corrected chi connectivity index (χ3v) is 4.67. The van der Waals surface area contributed by atoms with Crippen LogP contribution < -0.4 is 5.69 Å². The highest BCUT2D eigenvalue weighted by Crippen LogP contribution is 2.17. The van der Waals surface area contributed by atoms with Crippen LogP contribution in [0.5, 0.6) is 0 Å². The highest BCUT2D eigenvalue weighted by atomic mass is 16.2. The van der Waals surface area contributed by atoms with Crippen molar-refractivity contribution in [2.45, 2.75) is 39.8 Å². The molecule has 5 heteroatoms. The van der Waals surface area contributed by atoms with Gasteiger partial charge in [0.15, 0.2) is 0 Å². The maximum atomic E-state index is 12.5. The number of aromatic nitrogens is 2. The van der Waals surface area contributed by atoms with Gasteiger partial charge in [-0.25, -0.2) is 4.79 Å². The van der Waals surface area contributed by atoms with Crippen LogP contribution in [-0.4, -0.2) is 33.0 Å². The Kier molecular flexibility index (Phi) is 4.05. The first-order valence-electron chi connectivity index (χ1n) is 8.07. The van der Waals surface area contributed by atoms with Gasteiger partial charge in [-0.2, -0.15) is 0 Å². The topological polar surface area (TPSA) is 47.2 Å². The summed E-state index contributed by atoms with van der Waals surface area (Å²) in [5, 5.41) is 0. The van der Waals surface area contributed by atoms with E-state index < -0.39 is 0 Å². The quantitative estimate of drug-likeness (QED) is 0.871. The van der Waals surface area contributed by atoms with Crippen LogP contribution in [0, 0.1) is 5.92 Å². The van der Waals surface area contributed by atoms with Crippen molar-refractivity contribution in [3.05, 3.63) is 34.7 Å². The number of likely N-dealkylation sites (tertiary alicyclic amines) is 1. The number of hydrogen-bond donors (Lipinski definition) is 0. The van der Waals surface area contributed by atoms with Gasteiger partial charge in [0, 0.05) is 19.6 Å². The molecule has 0 aliphatic carbocycles. The largest absolute Gasteiger partial charge is 0.341 e. The van der Waals surface area contributed by atoms with E-state index in [4.69, 9.17) is 0 Å². The molecule has 3 rings (SSSR count). The Hall–Kier alpha value is -2.04. The van der Waals surface area contributed by atoms with Gasteiger partial charge in [-0.1, -0.05) is 19.1 Å². The van der Waals surface area contributed by atoms with E-state index in [1.807, 2.05) is 36.1 Å². The Morgan fingerprint density at radius 3 is 2.32 bits per heavy atom. The van der Waals surface area contributed by atoms with Crippen molar-refractivity contribution < 1.29 is 4.79 Å². The van der Waals surface area contributed by atoms with E-state index >= 15 is 0 Å². The summed E-state index contributed by atoms with van der Waals surface area (Å²) in [4.78, 5) is 27.0. The molecular formula is C17H23N3O2. The molecule has 1 aliphatic heterocycles. The summed E-state index contributed by atoms with van der Waals surface area (Å²) in [6.45, 7) is 6.54. The standard InChI is InChI=1S/C17H23N3O2/c1-3-19-14-6-4-5-7-15(14)20(17(19)22)12-16(21)18-10-8-13(2)9-11-18/h4-7,13H,3,8-12H2,1-2H3. The molecule has 2 aromatic rings. The highest BCUT2D eigenvalue weighted by molar-refractivity contribution is 5.81. The van der Waals surface area contributed by atoms with Gasteiger partial charge in [-0.05, 0) is 37.8 Å². The molecule has 118 valence electrons. The number of imidazole rings is 1. The van der Waals surface area contributed by atoms with Gasteiger partial charge in [0.25, 0.3) is 0 Å². The Labute approximate surface area is 130 Å². The van der Waals surface area contributed by atoms with E-state index in [0.29, 0.717) is 12.5 Å². The molecule has 0 saturated carbocycles. The second-order valence-electron chi connectivity index (χ2n) is 6.17. The van der Waals surface area contributed by atoms with Crippen LogP contribution in [0.1, 0.15) is 26.7 Å². The van der Waals surface area contributed by atoms with E-state index in [-0.39, 0.29) is 18.1 Å². The minimum Gasteiger partial charge on any atom is -0.341 e. The van der Waals surface area contributed by atoms with Gasteiger partial charge in [-0.3, -0.25) is 13.9 Å². The minimum atomic E-state index is -0.0950. The second-order valence-corrected chi connectivity index (χ2v) is 6.17. The number of carbonyl (C=O) groups is 1. The Morgan fingerprint density at radius 1 is 1.14 bits per heavy atom. The fourth-order valence-electron chi connectivity index (χ4n) is 3.22. The fraction of sp³-hybridized carbons (Fsp3) is 0.529. The molecule has 1 aromatic carbocycles. The van der Waals surface area contributed by atoms with Crippen LogP contribution in [0.25, 0.3) is 11.0 Å². The number of hydrogen-bond acceptors (Lipinski definition) is 2. The summed E-state index contributed by atoms with van der Waals surface area (Å²) in [7, 11) is 0. The lowest BCUT2D eigenvalue weighted by Gasteiger charge is -2.30. The van der Waals surface area contributed by atoms with Crippen molar-refractivity contribution in [2.24, 2.45) is 5.92 Å². The molecule has 2 heterocycles. The number of piperidine rings is 1. The zero-order chi connectivity index (χ0) is 15.7. The number of amides is 1. The molecule has 1 aromatic heterocycles. The zero-order valence-electron chi connectivity index (χ0n) is 13.3. The number of benzene rings is 1. The number of rotatable bonds is 3. The summed E-state index contributed by atoms with van der Waals surface area (Å²) < 4.78 is 3.33. The average Bonchev–Trinajstić information content (AvgIpc) is 2.80. The average molecular weight is 301 g/mol. The van der Waals surface area contributed by atoms with Gasteiger partial charge >= 0.3 is 5.69 Å². The summed E-state index contributed by atoms with van der Waals surface area (Å²) in [6, 6.07) is 7.68. The molecule has 0 atom stereocenters. The molecule has 1 aliphatic rings. The molecule has 1 amide bonds. The third-order valence-electron chi connectivity index (χ3n) is 4.67. The Bertz CT molecular complexity index is 736. The number of fused-ring (bicyclic) bond motifs is 1.